The summed E-state index contributed by atoms with van der Waals surface area (Å²) in [6.07, 6.45) is 2.26. The first-order valence-corrected chi connectivity index (χ1v) is 7.42. The molecule has 0 aliphatic carbocycles. The van der Waals surface area contributed by atoms with Gasteiger partial charge in [0.2, 0.25) is 5.91 Å². The van der Waals surface area contributed by atoms with Gasteiger partial charge in [0, 0.05) is 23.0 Å². The molecule has 0 spiro atoms. The van der Waals surface area contributed by atoms with Gasteiger partial charge in [-0.2, -0.15) is 0 Å². The maximum atomic E-state index is 12.4. The summed E-state index contributed by atoms with van der Waals surface area (Å²) in [5.74, 6) is 0.236. The Hall–Kier alpha value is -0.670. The Bertz CT molecular complexity index is 424. The van der Waals surface area contributed by atoms with Crippen LogP contribution in [0.4, 0.5) is 0 Å². The van der Waals surface area contributed by atoms with E-state index in [1.54, 1.807) is 11.8 Å². The maximum absolute atomic E-state index is 12.4. The molecule has 2 nitrogen and oxygen atoms in total. The maximum Gasteiger partial charge on any atom is 0.238 e. The molecule has 1 amide bonds. The minimum absolute atomic E-state index is 0.236. The summed E-state index contributed by atoms with van der Waals surface area (Å²) in [5.41, 5.74) is 0. The molecule has 2 rings (SSSR count). The van der Waals surface area contributed by atoms with E-state index in [0.29, 0.717) is 0 Å². The zero-order valence-corrected chi connectivity index (χ0v) is 12.4. The lowest BCUT2D eigenvalue weighted by Crippen LogP contribution is -2.41. The Kier molecular flexibility index (Phi) is 4.23. The molecular formula is C14H18ClNOS. The zero-order chi connectivity index (χ0) is 13.2. The first-order valence-electron chi connectivity index (χ1n) is 6.23. The fourth-order valence-electron chi connectivity index (χ4n) is 2.14. The third-order valence-electron chi connectivity index (χ3n) is 3.09. The predicted molar refractivity (Wildman–Crippen MR) is 77.2 cm³/mol. The van der Waals surface area contributed by atoms with Gasteiger partial charge in [0.05, 0.1) is 4.75 Å². The number of hydrogen-bond acceptors (Lipinski definition) is 2. The highest BCUT2D eigenvalue weighted by molar-refractivity contribution is 8.01. The van der Waals surface area contributed by atoms with Crippen molar-refractivity contribution in [3.05, 3.63) is 29.3 Å². The van der Waals surface area contributed by atoms with Crippen LogP contribution < -0.4 is 0 Å². The van der Waals surface area contributed by atoms with E-state index in [2.05, 4.69) is 0 Å². The van der Waals surface area contributed by atoms with Gasteiger partial charge < -0.3 is 4.90 Å². The van der Waals surface area contributed by atoms with Crippen LogP contribution in [0.2, 0.25) is 5.02 Å². The molecule has 98 valence electrons. The second-order valence-electron chi connectivity index (χ2n) is 5.07. The number of halogens is 1. The van der Waals surface area contributed by atoms with Crippen LogP contribution in [0.25, 0.3) is 0 Å². The molecule has 0 saturated carbocycles. The lowest BCUT2D eigenvalue weighted by atomic mass is 10.2. The van der Waals surface area contributed by atoms with Gasteiger partial charge in [0.15, 0.2) is 0 Å². The largest absolute Gasteiger partial charge is 0.342 e. The molecular weight excluding hydrogens is 266 g/mol. The number of amides is 1. The Morgan fingerprint density at radius 1 is 1.22 bits per heavy atom. The molecule has 1 aliphatic heterocycles. The molecule has 0 unspecified atom stereocenters. The van der Waals surface area contributed by atoms with E-state index in [1.807, 2.05) is 43.0 Å². The van der Waals surface area contributed by atoms with Crippen molar-refractivity contribution in [1.29, 1.82) is 0 Å². The third-order valence-corrected chi connectivity index (χ3v) is 4.54. The van der Waals surface area contributed by atoms with Crippen LogP contribution in [0.5, 0.6) is 0 Å². The summed E-state index contributed by atoms with van der Waals surface area (Å²) in [4.78, 5) is 15.5. The van der Waals surface area contributed by atoms with Crippen LogP contribution in [0.3, 0.4) is 0 Å². The molecule has 1 aliphatic rings. The number of carbonyl (C=O) groups is 1. The lowest BCUT2D eigenvalue weighted by molar-refractivity contribution is -0.131. The second-order valence-corrected chi connectivity index (χ2v) is 7.20. The molecule has 0 radical (unpaired) electrons. The summed E-state index contributed by atoms with van der Waals surface area (Å²) in [7, 11) is 0. The fraction of sp³-hybridized carbons (Fsp3) is 0.500. The van der Waals surface area contributed by atoms with Crippen LogP contribution >= 0.6 is 23.4 Å². The van der Waals surface area contributed by atoms with Gasteiger partial charge in [-0.25, -0.2) is 0 Å². The van der Waals surface area contributed by atoms with Crippen LogP contribution in [0, 0.1) is 0 Å². The Balaban J connectivity index is 2.05. The van der Waals surface area contributed by atoms with Crippen molar-refractivity contribution in [1.82, 2.24) is 4.90 Å². The molecule has 4 heteroatoms. The fourth-order valence-corrected chi connectivity index (χ4v) is 3.35. The molecule has 1 heterocycles. The quantitative estimate of drug-likeness (QED) is 0.786. The normalized spacial score (nSPS) is 16.1. The van der Waals surface area contributed by atoms with Crippen molar-refractivity contribution in [2.24, 2.45) is 0 Å². The topological polar surface area (TPSA) is 20.3 Å². The smallest absolute Gasteiger partial charge is 0.238 e. The molecule has 18 heavy (non-hydrogen) atoms. The van der Waals surface area contributed by atoms with Gasteiger partial charge >= 0.3 is 0 Å². The van der Waals surface area contributed by atoms with E-state index in [9.17, 15) is 4.79 Å². The first kappa shape index (κ1) is 13.8. The Morgan fingerprint density at radius 3 is 2.33 bits per heavy atom. The molecule has 1 aromatic rings. The average Bonchev–Trinajstić information content (AvgIpc) is 2.84. The molecule has 0 N–H and O–H groups in total. The number of benzene rings is 1. The minimum atomic E-state index is -0.418. The van der Waals surface area contributed by atoms with E-state index < -0.39 is 4.75 Å². The summed E-state index contributed by atoms with van der Waals surface area (Å²) in [6, 6.07) is 7.65. The van der Waals surface area contributed by atoms with Crippen LogP contribution in [-0.2, 0) is 4.79 Å². The van der Waals surface area contributed by atoms with Crippen LogP contribution in [0.15, 0.2) is 29.2 Å². The van der Waals surface area contributed by atoms with Crippen molar-refractivity contribution in [2.75, 3.05) is 13.1 Å². The van der Waals surface area contributed by atoms with Gasteiger partial charge in [0.1, 0.15) is 0 Å². The van der Waals surface area contributed by atoms with E-state index in [1.165, 1.54) is 0 Å². The Morgan fingerprint density at radius 2 is 1.78 bits per heavy atom. The predicted octanol–water partition coefficient (Wildman–Crippen LogP) is 3.83. The van der Waals surface area contributed by atoms with Crippen molar-refractivity contribution >= 4 is 29.3 Å². The van der Waals surface area contributed by atoms with Crippen molar-refractivity contribution in [3.63, 3.8) is 0 Å². The number of rotatable bonds is 3. The van der Waals surface area contributed by atoms with Crippen LogP contribution in [-0.4, -0.2) is 28.6 Å². The van der Waals surface area contributed by atoms with E-state index in [4.69, 9.17) is 11.6 Å². The molecule has 1 aromatic carbocycles. The Labute approximate surface area is 118 Å². The highest BCUT2D eigenvalue weighted by Gasteiger charge is 2.34. The van der Waals surface area contributed by atoms with E-state index in [0.717, 1.165) is 35.8 Å². The molecule has 0 atom stereocenters. The first-order chi connectivity index (χ1) is 8.49. The van der Waals surface area contributed by atoms with Crippen molar-refractivity contribution in [3.8, 4) is 0 Å². The third kappa shape index (κ3) is 3.21. The number of carbonyl (C=O) groups excluding carboxylic acids is 1. The van der Waals surface area contributed by atoms with Gasteiger partial charge in [-0.1, -0.05) is 11.6 Å². The van der Waals surface area contributed by atoms with Gasteiger partial charge in [-0.15, -0.1) is 11.8 Å². The van der Waals surface area contributed by atoms with Crippen LogP contribution in [0.1, 0.15) is 26.7 Å². The van der Waals surface area contributed by atoms with Crippen molar-refractivity contribution < 1.29 is 4.79 Å². The lowest BCUT2D eigenvalue weighted by Gasteiger charge is -2.28. The summed E-state index contributed by atoms with van der Waals surface area (Å²) in [5, 5.41) is 0.725. The second kappa shape index (κ2) is 5.54. The zero-order valence-electron chi connectivity index (χ0n) is 10.8. The standard InChI is InChI=1S/C14H18ClNOS/c1-14(2,13(17)16-9-3-4-10-16)18-12-7-5-11(15)6-8-12/h5-8H,3-4,9-10H2,1-2H3. The van der Waals surface area contributed by atoms with Gasteiger partial charge in [0.25, 0.3) is 0 Å². The molecule has 0 bridgehead atoms. The van der Waals surface area contributed by atoms with E-state index >= 15 is 0 Å². The molecule has 1 fully saturated rings. The van der Waals surface area contributed by atoms with Crippen molar-refractivity contribution in [2.45, 2.75) is 36.3 Å². The monoisotopic (exact) mass is 283 g/mol. The number of nitrogens with zero attached hydrogens (tertiary/aromatic N) is 1. The average molecular weight is 284 g/mol. The number of likely N-dealkylation sites (tertiary alicyclic amines) is 1. The highest BCUT2D eigenvalue weighted by Crippen LogP contribution is 2.35. The highest BCUT2D eigenvalue weighted by atomic mass is 35.5. The summed E-state index contributed by atoms with van der Waals surface area (Å²) >= 11 is 7.46. The van der Waals surface area contributed by atoms with Gasteiger partial charge in [-0.05, 0) is 51.0 Å². The SMILES string of the molecule is CC(C)(Sc1ccc(Cl)cc1)C(=O)N1CCCC1. The molecule has 1 saturated heterocycles. The van der Waals surface area contributed by atoms with Gasteiger partial charge in [-0.3, -0.25) is 4.79 Å². The molecule has 0 aromatic heterocycles. The number of thioether (sulfide) groups is 1. The minimum Gasteiger partial charge on any atom is -0.342 e. The summed E-state index contributed by atoms with van der Waals surface area (Å²) < 4.78 is -0.418. The number of hydrogen-bond donors (Lipinski definition) is 0. The van der Waals surface area contributed by atoms with E-state index in [-0.39, 0.29) is 5.91 Å². The summed E-state index contributed by atoms with van der Waals surface area (Å²) in [6.45, 7) is 5.80.